The maximum atomic E-state index is 9.44. The average molecular weight is 207 g/mol. The summed E-state index contributed by atoms with van der Waals surface area (Å²) in [5.41, 5.74) is 1.10. The Kier molecular flexibility index (Phi) is 3.66. The van der Waals surface area contributed by atoms with E-state index in [4.69, 9.17) is 0 Å². The summed E-state index contributed by atoms with van der Waals surface area (Å²) < 4.78 is 0. The monoisotopic (exact) mass is 207 g/mol. The Morgan fingerprint density at radius 2 is 2.27 bits per heavy atom. The molecular weight excluding hydrogens is 190 g/mol. The summed E-state index contributed by atoms with van der Waals surface area (Å²) in [4.78, 5) is 6.39. The van der Waals surface area contributed by atoms with Crippen LogP contribution in [-0.4, -0.2) is 47.8 Å². The van der Waals surface area contributed by atoms with Crippen molar-refractivity contribution in [1.29, 1.82) is 0 Å². The molecule has 0 spiro atoms. The van der Waals surface area contributed by atoms with Gasteiger partial charge in [-0.2, -0.15) is 0 Å². The minimum atomic E-state index is 0.0980. The molecule has 1 aliphatic heterocycles. The Hall–Kier alpha value is -0.970. The smallest absolute Gasteiger partial charge is 0.0629 e. The summed E-state index contributed by atoms with van der Waals surface area (Å²) in [6.45, 7) is 4.12. The lowest BCUT2D eigenvalue weighted by molar-refractivity contribution is 0.110. The minimum Gasteiger partial charge on any atom is -0.394 e. The highest BCUT2D eigenvalue weighted by Crippen LogP contribution is 2.19. The highest BCUT2D eigenvalue weighted by molar-refractivity contribution is 5.14. The van der Waals surface area contributed by atoms with E-state index >= 15 is 0 Å². The number of rotatable bonds is 3. The maximum absolute atomic E-state index is 9.44. The van der Waals surface area contributed by atoms with E-state index in [2.05, 4.69) is 15.2 Å². The van der Waals surface area contributed by atoms with Gasteiger partial charge in [-0.05, 0) is 11.6 Å². The van der Waals surface area contributed by atoms with Crippen LogP contribution in [0.5, 0.6) is 0 Å². The van der Waals surface area contributed by atoms with Crippen molar-refractivity contribution < 1.29 is 5.11 Å². The molecule has 0 bridgehead atoms. The van der Waals surface area contributed by atoms with Crippen molar-refractivity contribution in [2.24, 2.45) is 0 Å². The second-order valence-electron chi connectivity index (χ2n) is 3.77. The van der Waals surface area contributed by atoms with Gasteiger partial charge in [-0.15, -0.1) is 0 Å². The van der Waals surface area contributed by atoms with Crippen LogP contribution in [0.15, 0.2) is 24.5 Å². The number of hydrogen-bond acceptors (Lipinski definition) is 4. The predicted octanol–water partition coefficient (Wildman–Crippen LogP) is 0.0202. The second kappa shape index (κ2) is 5.21. The molecule has 0 saturated carbocycles. The van der Waals surface area contributed by atoms with Crippen molar-refractivity contribution in [3.63, 3.8) is 0 Å². The number of aliphatic hydroxyl groups is 1. The normalized spacial score (nSPS) is 20.1. The fourth-order valence-electron chi connectivity index (χ4n) is 2.00. The number of nitrogens with zero attached hydrogens (tertiary/aromatic N) is 2. The molecule has 2 rings (SSSR count). The molecule has 2 N–H and O–H groups in total. The first kappa shape index (κ1) is 10.5. The predicted molar refractivity (Wildman–Crippen MR) is 58.5 cm³/mol. The molecule has 1 atom stereocenters. The van der Waals surface area contributed by atoms with E-state index in [1.54, 1.807) is 6.20 Å². The Balaban J connectivity index is 2.09. The number of pyridine rings is 1. The van der Waals surface area contributed by atoms with E-state index in [0.717, 1.165) is 31.7 Å². The van der Waals surface area contributed by atoms with Crippen LogP contribution in [0.25, 0.3) is 0 Å². The first-order valence-corrected chi connectivity index (χ1v) is 5.37. The van der Waals surface area contributed by atoms with Crippen LogP contribution < -0.4 is 5.32 Å². The fraction of sp³-hybridized carbons (Fsp3) is 0.545. The van der Waals surface area contributed by atoms with Crippen molar-refractivity contribution in [2.45, 2.75) is 6.04 Å². The first-order chi connectivity index (χ1) is 7.42. The SMILES string of the molecule is OCC(c1cccnc1)N1CCNCC1. The lowest BCUT2D eigenvalue weighted by Gasteiger charge is -2.33. The molecule has 4 nitrogen and oxygen atoms in total. The summed E-state index contributed by atoms with van der Waals surface area (Å²) in [6, 6.07) is 4.04. The van der Waals surface area contributed by atoms with Crippen molar-refractivity contribution in [3.8, 4) is 0 Å². The molecule has 4 heteroatoms. The molecule has 1 aromatic heterocycles. The molecule has 2 heterocycles. The Bertz CT molecular complexity index is 285. The molecule has 0 radical (unpaired) electrons. The third kappa shape index (κ3) is 2.53. The molecule has 0 aliphatic carbocycles. The van der Waals surface area contributed by atoms with E-state index in [0.29, 0.717) is 0 Å². The summed E-state index contributed by atoms with van der Waals surface area (Å²) in [5, 5.41) is 12.7. The zero-order valence-corrected chi connectivity index (χ0v) is 8.76. The van der Waals surface area contributed by atoms with Gasteiger partial charge in [0, 0.05) is 38.6 Å². The third-order valence-corrected chi connectivity index (χ3v) is 2.83. The lowest BCUT2D eigenvalue weighted by Crippen LogP contribution is -2.46. The zero-order valence-electron chi connectivity index (χ0n) is 8.76. The van der Waals surface area contributed by atoms with Crippen molar-refractivity contribution >= 4 is 0 Å². The number of nitrogens with one attached hydrogen (secondary N) is 1. The average Bonchev–Trinajstić information content (AvgIpc) is 2.33. The lowest BCUT2D eigenvalue weighted by atomic mass is 10.1. The largest absolute Gasteiger partial charge is 0.394 e. The van der Waals surface area contributed by atoms with Crippen LogP contribution in [0.4, 0.5) is 0 Å². The summed E-state index contributed by atoms with van der Waals surface area (Å²) >= 11 is 0. The number of hydrogen-bond donors (Lipinski definition) is 2. The van der Waals surface area contributed by atoms with Gasteiger partial charge in [0.15, 0.2) is 0 Å². The first-order valence-electron chi connectivity index (χ1n) is 5.37. The molecule has 0 aromatic carbocycles. The van der Waals surface area contributed by atoms with E-state index in [9.17, 15) is 5.11 Å². The van der Waals surface area contributed by atoms with Crippen LogP contribution >= 0.6 is 0 Å². The molecule has 1 aromatic rings. The van der Waals surface area contributed by atoms with Gasteiger partial charge in [0.2, 0.25) is 0 Å². The number of aliphatic hydroxyl groups excluding tert-OH is 1. The topological polar surface area (TPSA) is 48.4 Å². The number of piperazine rings is 1. The van der Waals surface area contributed by atoms with E-state index in [1.807, 2.05) is 18.3 Å². The minimum absolute atomic E-state index is 0.0980. The van der Waals surface area contributed by atoms with Gasteiger partial charge in [-0.3, -0.25) is 9.88 Å². The van der Waals surface area contributed by atoms with E-state index in [1.165, 1.54) is 0 Å². The summed E-state index contributed by atoms with van der Waals surface area (Å²) in [7, 11) is 0. The van der Waals surface area contributed by atoms with Crippen LogP contribution in [0.3, 0.4) is 0 Å². The Labute approximate surface area is 89.9 Å². The zero-order chi connectivity index (χ0) is 10.5. The van der Waals surface area contributed by atoms with Gasteiger partial charge in [0.25, 0.3) is 0 Å². The molecule has 82 valence electrons. The van der Waals surface area contributed by atoms with Gasteiger partial charge in [-0.1, -0.05) is 6.07 Å². The molecule has 15 heavy (non-hydrogen) atoms. The fourth-order valence-corrected chi connectivity index (χ4v) is 2.00. The maximum Gasteiger partial charge on any atom is 0.0629 e. The van der Waals surface area contributed by atoms with Gasteiger partial charge in [0.1, 0.15) is 0 Å². The van der Waals surface area contributed by atoms with Gasteiger partial charge >= 0.3 is 0 Å². The van der Waals surface area contributed by atoms with Gasteiger partial charge in [-0.25, -0.2) is 0 Å². The van der Waals surface area contributed by atoms with Crippen LogP contribution in [0, 0.1) is 0 Å². The molecule has 1 unspecified atom stereocenters. The van der Waals surface area contributed by atoms with Gasteiger partial charge in [0.05, 0.1) is 12.6 Å². The molecule has 1 saturated heterocycles. The van der Waals surface area contributed by atoms with Crippen LogP contribution in [0.2, 0.25) is 0 Å². The summed E-state index contributed by atoms with van der Waals surface area (Å²) in [6.07, 6.45) is 3.60. The second-order valence-corrected chi connectivity index (χ2v) is 3.77. The molecular formula is C11H17N3O. The van der Waals surface area contributed by atoms with Crippen molar-refractivity contribution in [2.75, 3.05) is 32.8 Å². The highest BCUT2D eigenvalue weighted by atomic mass is 16.3. The van der Waals surface area contributed by atoms with Crippen molar-refractivity contribution in [1.82, 2.24) is 15.2 Å². The standard InChI is InChI=1S/C11H17N3O/c15-9-11(10-2-1-3-13-8-10)14-6-4-12-5-7-14/h1-3,8,11-12,15H,4-7,9H2. The molecule has 1 aliphatic rings. The van der Waals surface area contributed by atoms with E-state index < -0.39 is 0 Å². The third-order valence-electron chi connectivity index (χ3n) is 2.83. The van der Waals surface area contributed by atoms with Gasteiger partial charge < -0.3 is 10.4 Å². The highest BCUT2D eigenvalue weighted by Gasteiger charge is 2.21. The van der Waals surface area contributed by atoms with Crippen LogP contribution in [0.1, 0.15) is 11.6 Å². The van der Waals surface area contributed by atoms with E-state index in [-0.39, 0.29) is 12.6 Å². The quantitative estimate of drug-likeness (QED) is 0.733. The van der Waals surface area contributed by atoms with Crippen LogP contribution in [-0.2, 0) is 0 Å². The molecule has 1 fully saturated rings. The summed E-state index contributed by atoms with van der Waals surface area (Å²) in [5.74, 6) is 0. The Morgan fingerprint density at radius 3 is 2.87 bits per heavy atom. The number of aromatic nitrogens is 1. The van der Waals surface area contributed by atoms with Crippen molar-refractivity contribution in [3.05, 3.63) is 30.1 Å². The Morgan fingerprint density at radius 1 is 1.47 bits per heavy atom. The molecule has 0 amide bonds.